The molecule has 0 aliphatic carbocycles. The number of nitrogens with zero attached hydrogens (tertiary/aromatic N) is 3. The second-order valence-corrected chi connectivity index (χ2v) is 10.9. The number of nitrogens with one attached hydrogen (secondary N) is 1. The molecule has 1 aromatic carbocycles. The van der Waals surface area contributed by atoms with E-state index >= 15 is 0 Å². The summed E-state index contributed by atoms with van der Waals surface area (Å²) in [6.07, 6.45) is 1.46. The number of benzene rings is 1. The number of amidine groups is 1. The minimum Gasteiger partial charge on any atom is -0.495 e. The first-order valence-corrected chi connectivity index (χ1v) is 11.2. The van der Waals surface area contributed by atoms with E-state index in [0.29, 0.717) is 28.9 Å². The molecule has 2 heterocycles. The van der Waals surface area contributed by atoms with Crippen LogP contribution in [0.15, 0.2) is 46.2 Å². The maximum Gasteiger partial charge on any atom is 0.274 e. The molecule has 2 aromatic rings. The number of anilines is 1. The molecule has 7 nitrogen and oxygen atoms in total. The van der Waals surface area contributed by atoms with Crippen LogP contribution in [-0.4, -0.2) is 39.5 Å². The number of carbonyl (C=O) groups is 1. The topological polar surface area (TPSA) is 102 Å². The Hall–Kier alpha value is -2.94. The van der Waals surface area contributed by atoms with Crippen molar-refractivity contribution in [3.8, 4) is 5.75 Å². The van der Waals surface area contributed by atoms with Gasteiger partial charge in [-0.15, -0.1) is 0 Å². The van der Waals surface area contributed by atoms with Crippen LogP contribution in [0.2, 0.25) is 11.1 Å². The molecular formula is C21H26FN5O2Si. The van der Waals surface area contributed by atoms with E-state index in [0.717, 1.165) is 0 Å². The first-order chi connectivity index (χ1) is 14.1. The number of hydrogen-bond acceptors (Lipinski definition) is 6. The largest absolute Gasteiger partial charge is 0.495 e. The van der Waals surface area contributed by atoms with Gasteiger partial charge < -0.3 is 20.4 Å². The fourth-order valence-electron chi connectivity index (χ4n) is 3.50. The van der Waals surface area contributed by atoms with E-state index in [9.17, 15) is 9.18 Å². The number of nitrogens with two attached hydrogens (primary N) is 1. The summed E-state index contributed by atoms with van der Waals surface area (Å²) in [5.41, 5.74) is 6.48. The van der Waals surface area contributed by atoms with Gasteiger partial charge in [-0.1, -0.05) is 13.8 Å². The predicted molar refractivity (Wildman–Crippen MR) is 117 cm³/mol. The number of amides is 1. The van der Waals surface area contributed by atoms with Gasteiger partial charge >= 0.3 is 0 Å². The van der Waals surface area contributed by atoms with Crippen molar-refractivity contribution < 1.29 is 13.9 Å². The third-order valence-corrected chi connectivity index (χ3v) is 8.78. The summed E-state index contributed by atoms with van der Waals surface area (Å²) in [6, 6.07) is 8.28. The van der Waals surface area contributed by atoms with Gasteiger partial charge in [0.2, 0.25) is 0 Å². The number of methoxy groups -OCH3 is 1. The molecule has 9 heteroatoms. The SMILES string of the molecule is CN=[Si]1C[C@@](C)(c2cc(NC(=O)c3ccc(OC)cn3)ccc2F)N=C(N)C1(C)C. The highest BCUT2D eigenvalue weighted by Crippen LogP contribution is 2.43. The van der Waals surface area contributed by atoms with Crippen LogP contribution in [0.5, 0.6) is 5.75 Å². The normalized spacial score (nSPS) is 21.8. The smallest absolute Gasteiger partial charge is 0.274 e. The Balaban J connectivity index is 1.93. The average Bonchev–Trinajstić information content (AvgIpc) is 2.72. The monoisotopic (exact) mass is 427 g/mol. The van der Waals surface area contributed by atoms with E-state index in [1.807, 2.05) is 20.8 Å². The van der Waals surface area contributed by atoms with E-state index in [1.54, 1.807) is 25.2 Å². The molecule has 0 fully saturated rings. The summed E-state index contributed by atoms with van der Waals surface area (Å²) in [5.74, 6) is 0.235. The molecule has 1 aromatic heterocycles. The Bertz CT molecular complexity index is 1040. The van der Waals surface area contributed by atoms with Gasteiger partial charge in [-0.05, 0) is 37.3 Å². The molecule has 158 valence electrons. The van der Waals surface area contributed by atoms with Crippen molar-refractivity contribution in [2.75, 3.05) is 19.5 Å². The number of halogens is 1. The molecular weight excluding hydrogens is 401 g/mol. The zero-order valence-electron chi connectivity index (χ0n) is 17.8. The highest BCUT2D eigenvalue weighted by Gasteiger charge is 2.43. The molecule has 3 N–H and O–H groups in total. The number of aromatic nitrogens is 1. The lowest BCUT2D eigenvalue weighted by Gasteiger charge is -2.39. The van der Waals surface area contributed by atoms with Crippen LogP contribution in [0.25, 0.3) is 0 Å². The molecule has 1 aliphatic heterocycles. The van der Waals surface area contributed by atoms with Crippen molar-refractivity contribution >= 4 is 26.0 Å². The zero-order valence-corrected chi connectivity index (χ0v) is 18.8. The third-order valence-electron chi connectivity index (χ3n) is 5.52. The molecule has 1 aliphatic rings. The van der Waals surface area contributed by atoms with Crippen molar-refractivity contribution in [3.63, 3.8) is 0 Å². The van der Waals surface area contributed by atoms with Crippen molar-refractivity contribution in [2.24, 2.45) is 15.4 Å². The lowest BCUT2D eigenvalue weighted by Crippen LogP contribution is -2.44. The molecule has 0 saturated carbocycles. The molecule has 0 unspecified atom stereocenters. The maximum atomic E-state index is 14.8. The highest BCUT2D eigenvalue weighted by molar-refractivity contribution is 6.57. The third kappa shape index (κ3) is 4.02. The maximum absolute atomic E-state index is 14.8. The molecule has 3 rings (SSSR count). The van der Waals surface area contributed by atoms with Crippen LogP contribution in [-0.2, 0) is 5.54 Å². The van der Waals surface area contributed by atoms with Gasteiger partial charge in [0.05, 0.1) is 18.8 Å². The van der Waals surface area contributed by atoms with E-state index in [4.69, 9.17) is 10.5 Å². The van der Waals surface area contributed by atoms with E-state index in [1.165, 1.54) is 25.4 Å². The number of rotatable bonds is 4. The highest BCUT2D eigenvalue weighted by atomic mass is 28.2. The first kappa shape index (κ1) is 21.8. The van der Waals surface area contributed by atoms with Gasteiger partial charge in [0.25, 0.3) is 5.91 Å². The minimum atomic E-state index is -1.27. The summed E-state index contributed by atoms with van der Waals surface area (Å²) in [6.45, 7) is 5.92. The summed E-state index contributed by atoms with van der Waals surface area (Å²) in [4.78, 5) is 21.3. The van der Waals surface area contributed by atoms with Crippen LogP contribution in [0.3, 0.4) is 0 Å². The second-order valence-electron chi connectivity index (χ2n) is 7.97. The number of carbonyl (C=O) groups excluding carboxylic acids is 1. The quantitative estimate of drug-likeness (QED) is 0.726. The van der Waals surface area contributed by atoms with Crippen LogP contribution in [0.1, 0.15) is 36.8 Å². The average molecular weight is 428 g/mol. The van der Waals surface area contributed by atoms with Gasteiger partial charge in [0.15, 0.2) is 0 Å². The molecule has 0 spiro atoms. The summed E-state index contributed by atoms with van der Waals surface area (Å²) in [7, 11) is 2.03. The van der Waals surface area contributed by atoms with E-state index in [2.05, 4.69) is 19.9 Å². The van der Waals surface area contributed by atoms with Gasteiger partial charge in [0.1, 0.15) is 31.7 Å². The second kappa shape index (κ2) is 8.06. The Morgan fingerprint density at radius 2 is 2.03 bits per heavy atom. The van der Waals surface area contributed by atoms with Gasteiger partial charge in [0, 0.05) is 29.4 Å². The predicted octanol–water partition coefficient (Wildman–Crippen LogP) is 3.74. The van der Waals surface area contributed by atoms with Gasteiger partial charge in [-0.3, -0.25) is 9.79 Å². The number of hydrogen-bond donors (Lipinski definition) is 2. The van der Waals surface area contributed by atoms with Crippen molar-refractivity contribution in [3.05, 3.63) is 53.6 Å². The Kier molecular flexibility index (Phi) is 5.84. The molecule has 0 saturated heterocycles. The Morgan fingerprint density at radius 1 is 1.30 bits per heavy atom. The van der Waals surface area contributed by atoms with E-state index < -0.39 is 25.9 Å². The van der Waals surface area contributed by atoms with Crippen LogP contribution in [0.4, 0.5) is 10.1 Å². The summed E-state index contributed by atoms with van der Waals surface area (Å²) >= 11 is 0. The van der Waals surface area contributed by atoms with E-state index in [-0.39, 0.29) is 10.7 Å². The fourth-order valence-corrected chi connectivity index (χ4v) is 5.93. The van der Waals surface area contributed by atoms with Crippen LogP contribution < -0.4 is 15.8 Å². The molecule has 1 amide bonds. The standard InChI is InChI=1S/C21H26FN5O2Si/c1-20(2)19(23)27-21(3,12-30(20)24-4)15-10-13(6-8-16(15)22)26-18(28)17-9-7-14(29-5)11-25-17/h6-11H,12H2,1-5H3,(H2,23,27)(H,26,28)/t21-/m0/s1. The fraction of sp³-hybridized carbons (Fsp3) is 0.381. The summed E-state index contributed by atoms with van der Waals surface area (Å²) in [5, 5.41) is 2.46. The summed E-state index contributed by atoms with van der Waals surface area (Å²) < 4.78 is 24.4. The number of ether oxygens (including phenoxy) is 1. The lowest BCUT2D eigenvalue weighted by molar-refractivity contribution is 0.102. The molecule has 1 atom stereocenters. The molecule has 30 heavy (non-hydrogen) atoms. The van der Waals surface area contributed by atoms with Crippen molar-refractivity contribution in [1.82, 2.24) is 4.98 Å². The Labute approximate surface area is 176 Å². The first-order valence-electron chi connectivity index (χ1n) is 9.54. The Morgan fingerprint density at radius 3 is 2.63 bits per heavy atom. The van der Waals surface area contributed by atoms with Gasteiger partial charge in [-0.2, -0.15) is 0 Å². The number of aliphatic imine (C=N–C) groups is 1. The number of pyridine rings is 1. The van der Waals surface area contributed by atoms with Crippen LogP contribution in [0, 0.1) is 5.82 Å². The van der Waals surface area contributed by atoms with Crippen molar-refractivity contribution in [2.45, 2.75) is 37.4 Å². The van der Waals surface area contributed by atoms with Crippen LogP contribution >= 0.6 is 0 Å². The minimum absolute atomic E-state index is 0.227. The molecule has 0 bridgehead atoms. The van der Waals surface area contributed by atoms with Gasteiger partial charge in [-0.25, -0.2) is 9.37 Å². The zero-order chi connectivity index (χ0) is 22.1. The van der Waals surface area contributed by atoms with Crippen molar-refractivity contribution in [1.29, 1.82) is 0 Å². The lowest BCUT2D eigenvalue weighted by atomic mass is 9.92. The molecule has 0 radical (unpaired) electrons.